The van der Waals surface area contributed by atoms with Crippen LogP contribution in [0.15, 0.2) is 67.0 Å². The molecule has 1 saturated heterocycles. The van der Waals surface area contributed by atoms with Gasteiger partial charge >= 0.3 is 0 Å². The lowest BCUT2D eigenvalue weighted by Gasteiger charge is -2.20. The third-order valence-electron chi connectivity index (χ3n) is 7.69. The number of likely N-dealkylation sites (N-methyl/N-ethyl adjacent to an activating group) is 1. The normalized spacial score (nSPS) is 19.7. The molecule has 2 aromatic carbocycles. The second-order valence-corrected chi connectivity index (χ2v) is 11.2. The third kappa shape index (κ3) is 7.28. The van der Waals surface area contributed by atoms with E-state index in [0.29, 0.717) is 31.0 Å². The van der Waals surface area contributed by atoms with E-state index in [1.54, 1.807) is 6.92 Å². The number of aliphatic hydroxyl groups excluding tert-OH is 2. The number of ether oxygens (including phenoxy) is 1. The minimum Gasteiger partial charge on any atom is -0.387 e. The number of amides is 2. The molecule has 3 heterocycles. The van der Waals surface area contributed by atoms with Crippen molar-refractivity contribution in [3.8, 4) is 0 Å². The quantitative estimate of drug-likeness (QED) is 0.139. The average molecular weight is 617 g/mol. The van der Waals surface area contributed by atoms with Gasteiger partial charge in [-0.05, 0) is 45.1 Å². The van der Waals surface area contributed by atoms with Crippen molar-refractivity contribution in [2.24, 2.45) is 0 Å². The summed E-state index contributed by atoms with van der Waals surface area (Å²) in [5.74, 6) is -0.833. The monoisotopic (exact) mass is 616 g/mol. The molecule has 5 N–H and O–H groups in total. The number of hydrogen-bond donors (Lipinski definition) is 5. The standard InChI is InChI=1S/C32H40N8O5/c1-4-33-30(43)26-24(41)25(42)32(45-26)40-19-36-23-27(37-28(38-29(23)40)31(44)34-16-11-17-39(2)3)35-18-22(20-12-7-5-8-13-20)21-14-9-6-10-15-21/h5-10,12-15,19,22,24-26,32,41-42H,4,11,16-18H2,1-3H3,(H,33,43)(H,34,44)(H,35,37,38)/t24-,25+,26-,32+/m0/s1. The molecule has 1 aliphatic heterocycles. The summed E-state index contributed by atoms with van der Waals surface area (Å²) in [7, 11) is 3.92. The van der Waals surface area contributed by atoms with Gasteiger partial charge in [0.25, 0.3) is 11.8 Å². The van der Waals surface area contributed by atoms with E-state index in [1.165, 1.54) is 10.9 Å². The summed E-state index contributed by atoms with van der Waals surface area (Å²) in [6.45, 7) is 3.73. The van der Waals surface area contributed by atoms with Crippen molar-refractivity contribution >= 4 is 28.8 Å². The molecule has 2 aromatic heterocycles. The Kier molecular flexibility index (Phi) is 10.4. The van der Waals surface area contributed by atoms with Gasteiger partial charge < -0.3 is 35.8 Å². The SMILES string of the molecule is CCNC(=O)[C@H]1O[C@@H](n2cnc3c(NCC(c4ccccc4)c4ccccc4)nc(C(=O)NCCCN(C)C)nc32)[C@H](O)[C@@H]1O. The van der Waals surface area contributed by atoms with Gasteiger partial charge in [0, 0.05) is 25.6 Å². The summed E-state index contributed by atoms with van der Waals surface area (Å²) in [5, 5.41) is 30.4. The topological polar surface area (TPSA) is 167 Å². The van der Waals surface area contributed by atoms with Crippen LogP contribution in [0.25, 0.3) is 11.2 Å². The molecule has 0 radical (unpaired) electrons. The number of nitrogens with zero attached hydrogens (tertiary/aromatic N) is 5. The number of benzene rings is 2. The van der Waals surface area contributed by atoms with Crippen LogP contribution in [0.5, 0.6) is 0 Å². The molecular formula is C32H40N8O5. The zero-order valence-electron chi connectivity index (χ0n) is 25.6. The molecule has 4 atom stereocenters. The summed E-state index contributed by atoms with van der Waals surface area (Å²) in [6.07, 6.45) is -3.27. The number of carbonyl (C=O) groups is 2. The van der Waals surface area contributed by atoms with Gasteiger partial charge in [-0.1, -0.05) is 60.7 Å². The van der Waals surface area contributed by atoms with Crippen LogP contribution < -0.4 is 16.0 Å². The highest BCUT2D eigenvalue weighted by Crippen LogP contribution is 2.33. The van der Waals surface area contributed by atoms with E-state index in [2.05, 4.69) is 55.2 Å². The van der Waals surface area contributed by atoms with Crippen molar-refractivity contribution in [1.29, 1.82) is 0 Å². The van der Waals surface area contributed by atoms with Crippen molar-refractivity contribution in [2.45, 2.75) is 43.8 Å². The molecule has 4 aromatic rings. The number of aromatic nitrogens is 4. The maximum atomic E-state index is 13.3. The molecule has 0 saturated carbocycles. The summed E-state index contributed by atoms with van der Waals surface area (Å²) >= 11 is 0. The molecule has 45 heavy (non-hydrogen) atoms. The molecule has 5 rings (SSSR count). The molecular weight excluding hydrogens is 576 g/mol. The lowest BCUT2D eigenvalue weighted by molar-refractivity contribution is -0.137. The molecule has 0 bridgehead atoms. The Morgan fingerprint density at radius 3 is 2.27 bits per heavy atom. The fourth-order valence-electron chi connectivity index (χ4n) is 5.38. The van der Waals surface area contributed by atoms with Gasteiger partial charge in [-0.25, -0.2) is 15.0 Å². The number of aliphatic hydroxyl groups is 2. The second kappa shape index (κ2) is 14.6. The van der Waals surface area contributed by atoms with E-state index >= 15 is 0 Å². The van der Waals surface area contributed by atoms with Crippen LogP contribution >= 0.6 is 0 Å². The van der Waals surface area contributed by atoms with Gasteiger partial charge in [0.2, 0.25) is 5.82 Å². The van der Waals surface area contributed by atoms with Crippen LogP contribution in [0.2, 0.25) is 0 Å². The number of rotatable bonds is 13. The van der Waals surface area contributed by atoms with E-state index in [-0.39, 0.29) is 17.4 Å². The number of nitrogens with one attached hydrogen (secondary N) is 3. The molecule has 0 spiro atoms. The molecule has 0 aliphatic carbocycles. The number of carbonyl (C=O) groups excluding carboxylic acids is 2. The highest BCUT2D eigenvalue weighted by Gasteiger charge is 2.47. The second-order valence-electron chi connectivity index (χ2n) is 11.2. The largest absolute Gasteiger partial charge is 0.387 e. The van der Waals surface area contributed by atoms with Crippen LogP contribution in [-0.4, -0.2) is 105 Å². The Morgan fingerprint density at radius 2 is 1.64 bits per heavy atom. The Labute approximate surface area is 261 Å². The third-order valence-corrected chi connectivity index (χ3v) is 7.69. The Hall–Kier alpha value is -4.43. The number of hydrogen-bond acceptors (Lipinski definition) is 10. The fourth-order valence-corrected chi connectivity index (χ4v) is 5.38. The summed E-state index contributed by atoms with van der Waals surface area (Å²) < 4.78 is 7.25. The summed E-state index contributed by atoms with van der Waals surface area (Å²) in [6, 6.07) is 20.1. The van der Waals surface area contributed by atoms with Gasteiger partial charge in [-0.3, -0.25) is 14.2 Å². The Morgan fingerprint density at radius 1 is 0.978 bits per heavy atom. The average Bonchev–Trinajstić information content (AvgIpc) is 3.60. The van der Waals surface area contributed by atoms with Crippen molar-refractivity contribution in [3.05, 3.63) is 83.9 Å². The van der Waals surface area contributed by atoms with Gasteiger partial charge in [0.1, 0.15) is 12.2 Å². The lowest BCUT2D eigenvalue weighted by atomic mass is 9.91. The van der Waals surface area contributed by atoms with Crippen molar-refractivity contribution in [3.63, 3.8) is 0 Å². The zero-order valence-corrected chi connectivity index (χ0v) is 25.6. The summed E-state index contributed by atoms with van der Waals surface area (Å²) in [5.41, 5.74) is 2.73. The predicted molar refractivity (Wildman–Crippen MR) is 169 cm³/mol. The zero-order chi connectivity index (χ0) is 31.9. The maximum Gasteiger partial charge on any atom is 0.289 e. The van der Waals surface area contributed by atoms with E-state index in [0.717, 1.165) is 24.1 Å². The van der Waals surface area contributed by atoms with Crippen LogP contribution in [0.4, 0.5) is 5.82 Å². The first kappa shape index (κ1) is 32.0. The fraction of sp³-hybridized carbons (Fsp3) is 0.406. The van der Waals surface area contributed by atoms with Gasteiger partial charge in [-0.2, -0.15) is 0 Å². The van der Waals surface area contributed by atoms with E-state index < -0.39 is 36.4 Å². The first-order valence-electron chi connectivity index (χ1n) is 15.1. The molecule has 0 unspecified atom stereocenters. The number of imidazole rings is 1. The van der Waals surface area contributed by atoms with Gasteiger partial charge in [-0.15, -0.1) is 0 Å². The van der Waals surface area contributed by atoms with Crippen LogP contribution in [-0.2, 0) is 9.53 Å². The van der Waals surface area contributed by atoms with E-state index in [9.17, 15) is 19.8 Å². The highest BCUT2D eigenvalue weighted by atomic mass is 16.6. The van der Waals surface area contributed by atoms with Gasteiger partial charge in [0.05, 0.1) is 6.33 Å². The van der Waals surface area contributed by atoms with Gasteiger partial charge in [0.15, 0.2) is 29.3 Å². The smallest absolute Gasteiger partial charge is 0.289 e. The molecule has 1 aliphatic rings. The van der Waals surface area contributed by atoms with Crippen molar-refractivity contribution in [2.75, 3.05) is 45.6 Å². The molecule has 1 fully saturated rings. The minimum atomic E-state index is -1.48. The maximum absolute atomic E-state index is 13.3. The van der Waals surface area contributed by atoms with Crippen molar-refractivity contribution in [1.82, 2.24) is 35.1 Å². The van der Waals surface area contributed by atoms with Crippen molar-refractivity contribution < 1.29 is 24.5 Å². The Balaban J connectivity index is 1.49. The van der Waals surface area contributed by atoms with Crippen LogP contribution in [0.1, 0.15) is 47.2 Å². The van der Waals surface area contributed by atoms with E-state index in [1.807, 2.05) is 55.4 Å². The Bertz CT molecular complexity index is 1540. The molecule has 13 heteroatoms. The summed E-state index contributed by atoms with van der Waals surface area (Å²) in [4.78, 5) is 41.4. The predicted octanol–water partition coefficient (Wildman–Crippen LogP) is 1.51. The lowest BCUT2D eigenvalue weighted by Crippen LogP contribution is -2.42. The molecule has 2 amide bonds. The number of anilines is 1. The number of fused-ring (bicyclic) bond motifs is 1. The highest BCUT2D eigenvalue weighted by molar-refractivity contribution is 5.94. The molecule has 238 valence electrons. The molecule has 13 nitrogen and oxygen atoms in total. The van der Waals surface area contributed by atoms with Crippen LogP contribution in [0.3, 0.4) is 0 Å². The minimum absolute atomic E-state index is 0.0456. The first-order chi connectivity index (χ1) is 21.8. The van der Waals surface area contributed by atoms with Crippen LogP contribution in [0, 0.1) is 0 Å². The van der Waals surface area contributed by atoms with E-state index in [4.69, 9.17) is 4.74 Å². The first-order valence-corrected chi connectivity index (χ1v) is 15.1.